The predicted molar refractivity (Wildman–Crippen MR) is 74.8 cm³/mol. The van der Waals surface area contributed by atoms with Crippen LogP contribution in [0.15, 0.2) is 18.2 Å². The molecule has 2 N–H and O–H groups in total. The number of benzene rings is 1. The molecule has 0 aromatic heterocycles. The molecule has 3 nitrogen and oxygen atoms in total. The summed E-state index contributed by atoms with van der Waals surface area (Å²) in [5.74, 6) is 6.11. The topological polar surface area (TPSA) is 49.3 Å². The molecule has 19 heavy (non-hydrogen) atoms. The van der Waals surface area contributed by atoms with Crippen molar-refractivity contribution in [3.63, 3.8) is 0 Å². The molecule has 1 aromatic carbocycles. The molecule has 1 aromatic rings. The standard InChI is InChI=1S/C16H19NO2/c1-11-8-14(9-11)17-16(19)15-10-13(4-3-7-18)6-5-12(15)2/h5-6,10-11,14,18H,7-9H2,1-2H3,(H,17,19). The summed E-state index contributed by atoms with van der Waals surface area (Å²) in [7, 11) is 0. The molecule has 0 bridgehead atoms. The van der Waals surface area contributed by atoms with Crippen molar-refractivity contribution in [1.29, 1.82) is 0 Å². The molecular weight excluding hydrogens is 238 g/mol. The van der Waals surface area contributed by atoms with Crippen LogP contribution in [-0.2, 0) is 0 Å². The van der Waals surface area contributed by atoms with Gasteiger partial charge < -0.3 is 10.4 Å². The van der Waals surface area contributed by atoms with Crippen molar-refractivity contribution in [2.75, 3.05) is 6.61 Å². The average Bonchev–Trinajstić information content (AvgIpc) is 2.35. The lowest BCUT2D eigenvalue weighted by atomic mass is 9.82. The Bertz CT molecular complexity index is 533. The van der Waals surface area contributed by atoms with E-state index in [0.717, 1.165) is 24.0 Å². The average molecular weight is 257 g/mol. The van der Waals surface area contributed by atoms with Gasteiger partial charge in [-0.3, -0.25) is 4.79 Å². The van der Waals surface area contributed by atoms with Gasteiger partial charge in [-0.2, -0.15) is 0 Å². The first-order chi connectivity index (χ1) is 9.10. The molecule has 3 heteroatoms. The van der Waals surface area contributed by atoms with Crippen LogP contribution in [0.1, 0.15) is 41.3 Å². The largest absolute Gasteiger partial charge is 0.384 e. The Morgan fingerprint density at radius 1 is 1.47 bits per heavy atom. The van der Waals surface area contributed by atoms with Crippen LogP contribution in [0.3, 0.4) is 0 Å². The van der Waals surface area contributed by atoms with Crippen LogP contribution in [0.5, 0.6) is 0 Å². The molecule has 1 amide bonds. The Hall–Kier alpha value is -1.79. The monoisotopic (exact) mass is 257 g/mol. The molecule has 0 spiro atoms. The van der Waals surface area contributed by atoms with Gasteiger partial charge in [0.15, 0.2) is 0 Å². The maximum atomic E-state index is 12.2. The number of hydrogen-bond acceptors (Lipinski definition) is 2. The minimum absolute atomic E-state index is 0.0259. The van der Waals surface area contributed by atoms with Crippen LogP contribution < -0.4 is 5.32 Å². The lowest BCUT2D eigenvalue weighted by Crippen LogP contribution is -2.43. The second kappa shape index (κ2) is 5.90. The summed E-state index contributed by atoms with van der Waals surface area (Å²) in [6.07, 6.45) is 2.13. The van der Waals surface area contributed by atoms with Crippen LogP contribution in [0.4, 0.5) is 0 Å². The summed E-state index contributed by atoms with van der Waals surface area (Å²) in [5.41, 5.74) is 2.37. The van der Waals surface area contributed by atoms with Gasteiger partial charge in [0.1, 0.15) is 6.61 Å². The van der Waals surface area contributed by atoms with Crippen LogP contribution >= 0.6 is 0 Å². The van der Waals surface area contributed by atoms with Crippen LogP contribution in [0, 0.1) is 24.7 Å². The van der Waals surface area contributed by atoms with Gasteiger partial charge in [0, 0.05) is 17.2 Å². The fourth-order valence-electron chi connectivity index (χ4n) is 2.37. The molecule has 100 valence electrons. The summed E-state index contributed by atoms with van der Waals surface area (Å²) in [6, 6.07) is 5.85. The quantitative estimate of drug-likeness (QED) is 0.795. The van der Waals surface area contributed by atoms with Crippen LogP contribution in [0.2, 0.25) is 0 Å². The number of amides is 1. The molecule has 1 aliphatic rings. The highest BCUT2D eigenvalue weighted by molar-refractivity contribution is 5.96. The van der Waals surface area contributed by atoms with Crippen molar-refractivity contribution in [2.24, 2.45) is 5.92 Å². The summed E-state index contributed by atoms with van der Waals surface area (Å²) < 4.78 is 0. The minimum atomic E-state index is -0.171. The van der Waals surface area contributed by atoms with Gasteiger partial charge in [0.05, 0.1) is 0 Å². The summed E-state index contributed by atoms with van der Waals surface area (Å²) in [4.78, 5) is 12.2. The number of carbonyl (C=O) groups excluding carboxylic acids is 1. The van der Waals surface area contributed by atoms with E-state index >= 15 is 0 Å². The molecule has 0 radical (unpaired) electrons. The third-order valence-corrected chi connectivity index (χ3v) is 3.50. The highest BCUT2D eigenvalue weighted by Crippen LogP contribution is 2.26. The third-order valence-electron chi connectivity index (χ3n) is 3.50. The number of aryl methyl sites for hydroxylation is 1. The van der Waals surface area contributed by atoms with Gasteiger partial charge in [-0.25, -0.2) is 0 Å². The van der Waals surface area contributed by atoms with E-state index in [1.54, 1.807) is 6.07 Å². The molecule has 2 rings (SSSR count). The highest BCUT2D eigenvalue weighted by Gasteiger charge is 2.27. The molecule has 1 fully saturated rings. The molecule has 1 saturated carbocycles. The maximum absolute atomic E-state index is 12.2. The van der Waals surface area contributed by atoms with Crippen molar-refractivity contribution >= 4 is 5.91 Å². The SMILES string of the molecule is Cc1ccc(C#CCO)cc1C(=O)NC1CC(C)C1. The molecule has 0 saturated heterocycles. The van der Waals surface area contributed by atoms with Gasteiger partial charge >= 0.3 is 0 Å². The van der Waals surface area contributed by atoms with E-state index in [0.29, 0.717) is 17.5 Å². The first kappa shape index (κ1) is 13.6. The molecule has 1 aliphatic carbocycles. The van der Waals surface area contributed by atoms with Crippen molar-refractivity contribution in [1.82, 2.24) is 5.32 Å². The smallest absolute Gasteiger partial charge is 0.251 e. The molecular formula is C16H19NO2. The number of aliphatic hydroxyl groups excluding tert-OH is 1. The molecule has 0 heterocycles. The zero-order valence-electron chi connectivity index (χ0n) is 11.4. The molecule has 0 atom stereocenters. The Balaban J connectivity index is 2.11. The number of aliphatic hydroxyl groups is 1. The lowest BCUT2D eigenvalue weighted by Gasteiger charge is -2.33. The van der Waals surface area contributed by atoms with Crippen molar-refractivity contribution in [2.45, 2.75) is 32.7 Å². The number of nitrogens with one attached hydrogen (secondary N) is 1. The van der Waals surface area contributed by atoms with Gasteiger partial charge in [0.25, 0.3) is 5.91 Å². The van der Waals surface area contributed by atoms with E-state index in [2.05, 4.69) is 24.1 Å². The molecule has 0 aliphatic heterocycles. The Labute approximate surface area is 114 Å². The molecule has 0 unspecified atom stereocenters. The van der Waals surface area contributed by atoms with Gasteiger partial charge in [-0.1, -0.05) is 24.8 Å². The number of carbonyl (C=O) groups is 1. The van der Waals surface area contributed by atoms with E-state index in [-0.39, 0.29) is 12.5 Å². The number of hydrogen-bond donors (Lipinski definition) is 2. The predicted octanol–water partition coefficient (Wildman–Crippen LogP) is 1.87. The van der Waals surface area contributed by atoms with Crippen molar-refractivity contribution in [3.8, 4) is 11.8 Å². The number of rotatable bonds is 2. The zero-order valence-corrected chi connectivity index (χ0v) is 11.4. The first-order valence-electron chi connectivity index (χ1n) is 6.61. The summed E-state index contributed by atoms with van der Waals surface area (Å²) in [5, 5.41) is 11.7. The zero-order chi connectivity index (χ0) is 13.8. The lowest BCUT2D eigenvalue weighted by molar-refractivity contribution is 0.0895. The first-order valence-corrected chi connectivity index (χ1v) is 6.61. The van der Waals surface area contributed by atoms with Crippen molar-refractivity contribution < 1.29 is 9.90 Å². The van der Waals surface area contributed by atoms with Crippen LogP contribution in [0.25, 0.3) is 0 Å². The maximum Gasteiger partial charge on any atom is 0.251 e. The van der Waals surface area contributed by atoms with E-state index in [4.69, 9.17) is 5.11 Å². The van der Waals surface area contributed by atoms with Crippen LogP contribution in [-0.4, -0.2) is 23.7 Å². The van der Waals surface area contributed by atoms with E-state index < -0.39 is 0 Å². The second-order valence-electron chi connectivity index (χ2n) is 5.24. The van der Waals surface area contributed by atoms with E-state index in [9.17, 15) is 4.79 Å². The fourth-order valence-corrected chi connectivity index (χ4v) is 2.37. The van der Waals surface area contributed by atoms with Gasteiger partial charge in [-0.05, 0) is 43.4 Å². The van der Waals surface area contributed by atoms with E-state index in [1.807, 2.05) is 19.1 Å². The summed E-state index contributed by atoms with van der Waals surface area (Å²) >= 11 is 0. The van der Waals surface area contributed by atoms with Gasteiger partial charge in [0.2, 0.25) is 0 Å². The summed E-state index contributed by atoms with van der Waals surface area (Å²) in [6.45, 7) is 3.94. The van der Waals surface area contributed by atoms with E-state index in [1.165, 1.54) is 0 Å². The normalized spacial score (nSPS) is 21.0. The Morgan fingerprint density at radius 2 is 2.21 bits per heavy atom. The third kappa shape index (κ3) is 3.36. The Morgan fingerprint density at radius 3 is 2.84 bits per heavy atom. The Kier molecular flexibility index (Phi) is 4.24. The minimum Gasteiger partial charge on any atom is -0.384 e. The second-order valence-corrected chi connectivity index (χ2v) is 5.24. The fraction of sp³-hybridized carbons (Fsp3) is 0.438. The van der Waals surface area contributed by atoms with Gasteiger partial charge in [-0.15, -0.1) is 0 Å². The highest BCUT2D eigenvalue weighted by atomic mass is 16.2. The van der Waals surface area contributed by atoms with Crippen molar-refractivity contribution in [3.05, 3.63) is 34.9 Å².